The maximum absolute atomic E-state index is 13.3. The number of imidazole rings is 1. The molecule has 7 heteroatoms. The van der Waals surface area contributed by atoms with E-state index in [1.54, 1.807) is 25.3 Å². The molecule has 3 rings (SSSR count). The number of amides is 1. The summed E-state index contributed by atoms with van der Waals surface area (Å²) in [4.78, 5) is 16.6. The summed E-state index contributed by atoms with van der Waals surface area (Å²) >= 11 is 0. The molecule has 0 bridgehead atoms. The van der Waals surface area contributed by atoms with E-state index < -0.39 is 17.6 Å². The fourth-order valence-corrected chi connectivity index (χ4v) is 2.68. The highest BCUT2D eigenvalue weighted by Crippen LogP contribution is 2.33. The van der Waals surface area contributed by atoms with Gasteiger partial charge in [-0.2, -0.15) is 13.2 Å². The molecule has 0 unspecified atom stereocenters. The molecule has 1 heterocycles. The van der Waals surface area contributed by atoms with Crippen LogP contribution in [0.5, 0.6) is 0 Å². The Morgan fingerprint density at radius 1 is 1.18 bits per heavy atom. The summed E-state index contributed by atoms with van der Waals surface area (Å²) in [6.07, 6.45) is 3.86. The minimum absolute atomic E-state index is 0.0176. The summed E-state index contributed by atoms with van der Waals surface area (Å²) in [6.45, 7) is 3.54. The molecule has 0 spiro atoms. The van der Waals surface area contributed by atoms with Gasteiger partial charge in [0, 0.05) is 28.7 Å². The van der Waals surface area contributed by atoms with Gasteiger partial charge in [0.2, 0.25) is 0 Å². The summed E-state index contributed by atoms with van der Waals surface area (Å²) in [5.41, 5.74) is 1.67. The molecule has 0 aliphatic rings. The minimum atomic E-state index is -4.56. The van der Waals surface area contributed by atoms with Crippen molar-refractivity contribution in [1.82, 2.24) is 9.55 Å². The average Bonchev–Trinajstić information content (AvgIpc) is 3.07. The number of halogens is 3. The largest absolute Gasteiger partial charge is 0.416 e. The molecule has 3 aromatic rings. The molecule has 0 saturated heterocycles. The maximum atomic E-state index is 13.3. The standard InChI is InChI=1S/C21H16F3N3O/c1-4-15-7-16(6-5-13(15)2)20(28)26-18-8-17(21(22,23)24)9-19(10-18)27-11-14(3)25-12-27/h1,5-12H,2-3H3,(H,26,28). The second-order valence-electron chi connectivity index (χ2n) is 6.32. The van der Waals surface area contributed by atoms with Crippen LogP contribution in [0.2, 0.25) is 0 Å². The first-order chi connectivity index (χ1) is 13.2. The first-order valence-corrected chi connectivity index (χ1v) is 8.29. The van der Waals surface area contributed by atoms with E-state index >= 15 is 0 Å². The van der Waals surface area contributed by atoms with Crippen LogP contribution in [0, 0.1) is 26.2 Å². The zero-order chi connectivity index (χ0) is 20.5. The quantitative estimate of drug-likeness (QED) is 0.664. The minimum Gasteiger partial charge on any atom is -0.322 e. The Balaban J connectivity index is 1.99. The van der Waals surface area contributed by atoms with Gasteiger partial charge in [-0.3, -0.25) is 4.79 Å². The van der Waals surface area contributed by atoms with Gasteiger partial charge in [0.25, 0.3) is 5.91 Å². The molecule has 0 saturated carbocycles. The number of carbonyl (C=O) groups is 1. The third kappa shape index (κ3) is 4.07. The first-order valence-electron chi connectivity index (χ1n) is 8.29. The summed E-state index contributed by atoms with van der Waals surface area (Å²) in [5, 5.41) is 2.52. The van der Waals surface area contributed by atoms with Crippen LogP contribution in [0.25, 0.3) is 5.69 Å². The second kappa shape index (κ2) is 7.24. The highest BCUT2D eigenvalue weighted by Gasteiger charge is 2.31. The number of aromatic nitrogens is 2. The molecule has 142 valence electrons. The van der Waals surface area contributed by atoms with Crippen LogP contribution in [0.15, 0.2) is 48.9 Å². The van der Waals surface area contributed by atoms with Crippen LogP contribution < -0.4 is 5.32 Å². The Morgan fingerprint density at radius 2 is 1.93 bits per heavy atom. The molecule has 0 aliphatic carbocycles. The second-order valence-corrected chi connectivity index (χ2v) is 6.32. The molecule has 0 fully saturated rings. The highest BCUT2D eigenvalue weighted by molar-refractivity contribution is 6.04. The van der Waals surface area contributed by atoms with Crippen molar-refractivity contribution in [2.45, 2.75) is 20.0 Å². The van der Waals surface area contributed by atoms with E-state index in [2.05, 4.69) is 16.2 Å². The number of aryl methyl sites for hydroxylation is 2. The van der Waals surface area contributed by atoms with Gasteiger partial charge in [0.1, 0.15) is 0 Å². The van der Waals surface area contributed by atoms with Crippen molar-refractivity contribution in [3.63, 3.8) is 0 Å². The van der Waals surface area contributed by atoms with Crippen LogP contribution in [0.3, 0.4) is 0 Å². The Labute approximate surface area is 160 Å². The number of nitrogens with one attached hydrogen (secondary N) is 1. The Morgan fingerprint density at radius 3 is 2.54 bits per heavy atom. The fraction of sp³-hybridized carbons (Fsp3) is 0.143. The molecular formula is C21H16F3N3O. The van der Waals surface area contributed by atoms with Crippen molar-refractivity contribution in [2.24, 2.45) is 0 Å². The Kier molecular flexibility index (Phi) is 4.97. The lowest BCUT2D eigenvalue weighted by Gasteiger charge is -2.14. The molecule has 2 aromatic carbocycles. The lowest BCUT2D eigenvalue weighted by atomic mass is 10.0. The predicted molar refractivity (Wildman–Crippen MR) is 100 cm³/mol. The van der Waals surface area contributed by atoms with E-state index in [9.17, 15) is 18.0 Å². The van der Waals surface area contributed by atoms with Gasteiger partial charge < -0.3 is 9.88 Å². The third-order valence-corrected chi connectivity index (χ3v) is 4.17. The van der Waals surface area contributed by atoms with E-state index in [0.717, 1.165) is 17.7 Å². The van der Waals surface area contributed by atoms with Gasteiger partial charge >= 0.3 is 6.18 Å². The van der Waals surface area contributed by atoms with Crippen molar-refractivity contribution in [3.8, 4) is 18.0 Å². The Hall–Kier alpha value is -3.53. The van der Waals surface area contributed by atoms with Gasteiger partial charge in [0.05, 0.1) is 17.6 Å². The summed E-state index contributed by atoms with van der Waals surface area (Å²) in [7, 11) is 0. The molecule has 4 nitrogen and oxygen atoms in total. The van der Waals surface area contributed by atoms with Gasteiger partial charge in [-0.05, 0) is 49.7 Å². The number of benzene rings is 2. The van der Waals surface area contributed by atoms with E-state index in [4.69, 9.17) is 6.42 Å². The number of nitrogens with zero attached hydrogens (tertiary/aromatic N) is 2. The number of anilines is 1. The molecule has 28 heavy (non-hydrogen) atoms. The van der Waals surface area contributed by atoms with Crippen LogP contribution in [-0.4, -0.2) is 15.5 Å². The SMILES string of the molecule is C#Cc1cc(C(=O)Nc2cc(-n3cnc(C)c3)cc(C(F)(F)F)c2)ccc1C. The topological polar surface area (TPSA) is 46.9 Å². The Bertz CT molecular complexity index is 1090. The van der Waals surface area contributed by atoms with E-state index in [1.165, 1.54) is 23.0 Å². The number of carbonyl (C=O) groups excluding carboxylic acids is 1. The van der Waals surface area contributed by atoms with Crippen molar-refractivity contribution >= 4 is 11.6 Å². The zero-order valence-corrected chi connectivity index (χ0v) is 15.1. The van der Waals surface area contributed by atoms with Crippen molar-refractivity contribution in [1.29, 1.82) is 0 Å². The van der Waals surface area contributed by atoms with Crippen molar-refractivity contribution < 1.29 is 18.0 Å². The zero-order valence-electron chi connectivity index (χ0n) is 15.1. The lowest BCUT2D eigenvalue weighted by molar-refractivity contribution is -0.137. The van der Waals surface area contributed by atoms with Crippen LogP contribution in [0.1, 0.15) is 32.7 Å². The normalized spacial score (nSPS) is 11.1. The van der Waals surface area contributed by atoms with Gasteiger partial charge in [-0.1, -0.05) is 12.0 Å². The highest BCUT2D eigenvalue weighted by atomic mass is 19.4. The number of rotatable bonds is 3. The monoisotopic (exact) mass is 383 g/mol. The lowest BCUT2D eigenvalue weighted by Crippen LogP contribution is -2.14. The molecule has 0 radical (unpaired) electrons. The third-order valence-electron chi connectivity index (χ3n) is 4.17. The number of hydrogen-bond donors (Lipinski definition) is 1. The number of hydrogen-bond acceptors (Lipinski definition) is 2. The first kappa shape index (κ1) is 19.2. The molecular weight excluding hydrogens is 367 g/mol. The molecule has 1 amide bonds. The van der Waals surface area contributed by atoms with Gasteiger partial charge in [0.15, 0.2) is 0 Å². The molecule has 1 aromatic heterocycles. The van der Waals surface area contributed by atoms with E-state index in [0.29, 0.717) is 11.3 Å². The van der Waals surface area contributed by atoms with Crippen LogP contribution >= 0.6 is 0 Å². The fourth-order valence-electron chi connectivity index (χ4n) is 2.68. The smallest absolute Gasteiger partial charge is 0.322 e. The van der Waals surface area contributed by atoms with E-state index in [1.807, 2.05) is 6.92 Å². The van der Waals surface area contributed by atoms with Crippen LogP contribution in [-0.2, 0) is 6.18 Å². The average molecular weight is 383 g/mol. The summed E-state index contributed by atoms with van der Waals surface area (Å²) < 4.78 is 41.4. The summed E-state index contributed by atoms with van der Waals surface area (Å²) in [5.74, 6) is 1.93. The van der Waals surface area contributed by atoms with Crippen molar-refractivity contribution in [3.05, 3.63) is 76.9 Å². The van der Waals surface area contributed by atoms with Gasteiger partial charge in [-0.25, -0.2) is 4.98 Å². The predicted octanol–water partition coefficient (Wildman–Crippen LogP) is 4.74. The van der Waals surface area contributed by atoms with E-state index in [-0.39, 0.29) is 16.9 Å². The summed E-state index contributed by atoms with van der Waals surface area (Å²) in [6, 6.07) is 8.12. The van der Waals surface area contributed by atoms with Gasteiger partial charge in [-0.15, -0.1) is 6.42 Å². The van der Waals surface area contributed by atoms with Crippen molar-refractivity contribution in [2.75, 3.05) is 5.32 Å². The maximum Gasteiger partial charge on any atom is 0.416 e. The molecule has 0 aliphatic heterocycles. The molecule has 1 N–H and O–H groups in total. The number of terminal acetylenes is 1. The molecule has 0 atom stereocenters. The number of alkyl halides is 3. The van der Waals surface area contributed by atoms with Crippen LogP contribution in [0.4, 0.5) is 18.9 Å².